The Morgan fingerprint density at radius 1 is 0.926 bits per heavy atom. The maximum Gasteiger partial charge on any atom is 0.225 e. The van der Waals surface area contributed by atoms with Gasteiger partial charge in [-0.2, -0.15) is 4.98 Å². The van der Waals surface area contributed by atoms with Gasteiger partial charge in [0, 0.05) is 17.8 Å². The summed E-state index contributed by atoms with van der Waals surface area (Å²) in [5.74, 6) is 2.69. The van der Waals surface area contributed by atoms with Gasteiger partial charge in [0.2, 0.25) is 5.95 Å². The van der Waals surface area contributed by atoms with Crippen molar-refractivity contribution in [2.24, 2.45) is 0 Å². The molecule has 2 N–H and O–H groups in total. The molecule has 1 atom stereocenters. The monoisotopic (exact) mass is 364 g/mol. The average Bonchev–Trinajstić information content (AvgIpc) is 2.68. The predicted molar refractivity (Wildman–Crippen MR) is 108 cm³/mol. The van der Waals surface area contributed by atoms with E-state index in [2.05, 4.69) is 39.7 Å². The summed E-state index contributed by atoms with van der Waals surface area (Å²) in [7, 11) is 3.26. The number of benzene rings is 2. The molecule has 0 spiro atoms. The van der Waals surface area contributed by atoms with Crippen LogP contribution in [0.15, 0.2) is 54.6 Å². The third-order valence-corrected chi connectivity index (χ3v) is 4.17. The van der Waals surface area contributed by atoms with Gasteiger partial charge in [0.25, 0.3) is 0 Å². The van der Waals surface area contributed by atoms with Gasteiger partial charge in [-0.05, 0) is 31.5 Å². The highest BCUT2D eigenvalue weighted by molar-refractivity contribution is 5.67. The van der Waals surface area contributed by atoms with Gasteiger partial charge >= 0.3 is 0 Å². The van der Waals surface area contributed by atoms with Crippen molar-refractivity contribution in [3.05, 3.63) is 65.9 Å². The first-order valence-corrected chi connectivity index (χ1v) is 8.75. The Balaban J connectivity index is 1.84. The average molecular weight is 364 g/mol. The molecule has 3 rings (SSSR count). The van der Waals surface area contributed by atoms with Crippen molar-refractivity contribution in [2.75, 3.05) is 24.9 Å². The van der Waals surface area contributed by atoms with E-state index in [0.717, 1.165) is 17.1 Å². The Bertz CT molecular complexity index is 900. The van der Waals surface area contributed by atoms with Crippen molar-refractivity contribution in [1.29, 1.82) is 0 Å². The Labute approximate surface area is 159 Å². The number of methoxy groups -OCH3 is 2. The van der Waals surface area contributed by atoms with Gasteiger partial charge in [-0.25, -0.2) is 4.98 Å². The van der Waals surface area contributed by atoms with Gasteiger partial charge in [-0.15, -0.1) is 0 Å². The summed E-state index contributed by atoms with van der Waals surface area (Å²) >= 11 is 0. The van der Waals surface area contributed by atoms with E-state index in [0.29, 0.717) is 17.5 Å². The second-order valence-corrected chi connectivity index (χ2v) is 6.19. The molecule has 27 heavy (non-hydrogen) atoms. The third kappa shape index (κ3) is 4.67. The summed E-state index contributed by atoms with van der Waals surface area (Å²) in [6, 6.07) is 17.7. The Morgan fingerprint density at radius 3 is 2.41 bits per heavy atom. The van der Waals surface area contributed by atoms with E-state index in [-0.39, 0.29) is 6.04 Å². The van der Waals surface area contributed by atoms with Gasteiger partial charge in [-0.3, -0.25) is 0 Å². The molecule has 0 aliphatic carbocycles. The molecule has 0 bridgehead atoms. The summed E-state index contributed by atoms with van der Waals surface area (Å²) in [4.78, 5) is 9.09. The first kappa shape index (κ1) is 18.5. The zero-order valence-corrected chi connectivity index (χ0v) is 16.0. The van der Waals surface area contributed by atoms with E-state index in [1.807, 2.05) is 49.4 Å². The van der Waals surface area contributed by atoms with Crippen LogP contribution in [-0.4, -0.2) is 24.2 Å². The van der Waals surface area contributed by atoms with Crippen LogP contribution in [0.4, 0.5) is 17.5 Å². The first-order valence-electron chi connectivity index (χ1n) is 8.75. The molecule has 0 aliphatic heterocycles. The third-order valence-electron chi connectivity index (χ3n) is 4.17. The molecule has 0 saturated carbocycles. The number of hydrogen-bond acceptors (Lipinski definition) is 6. The second-order valence-electron chi connectivity index (χ2n) is 6.19. The van der Waals surface area contributed by atoms with Crippen LogP contribution in [0.2, 0.25) is 0 Å². The van der Waals surface area contributed by atoms with Gasteiger partial charge in [0.05, 0.1) is 25.9 Å². The van der Waals surface area contributed by atoms with Gasteiger partial charge in [0.15, 0.2) is 0 Å². The molecular formula is C21H24N4O2. The summed E-state index contributed by atoms with van der Waals surface area (Å²) in [6.45, 7) is 4.02. The van der Waals surface area contributed by atoms with Crippen LogP contribution in [-0.2, 0) is 0 Å². The van der Waals surface area contributed by atoms with E-state index in [9.17, 15) is 0 Å². The minimum atomic E-state index is 0.0900. The molecule has 3 aromatic rings. The van der Waals surface area contributed by atoms with Crippen LogP contribution in [0.1, 0.15) is 24.2 Å². The molecule has 0 amide bonds. The van der Waals surface area contributed by atoms with Crippen LogP contribution >= 0.6 is 0 Å². The van der Waals surface area contributed by atoms with E-state index in [4.69, 9.17) is 9.47 Å². The van der Waals surface area contributed by atoms with Crippen LogP contribution in [0.25, 0.3) is 0 Å². The highest BCUT2D eigenvalue weighted by Crippen LogP contribution is 2.31. The second kappa shape index (κ2) is 8.40. The molecule has 1 unspecified atom stereocenters. The fourth-order valence-electron chi connectivity index (χ4n) is 2.77. The first-order chi connectivity index (χ1) is 13.1. The zero-order valence-electron chi connectivity index (χ0n) is 16.0. The lowest BCUT2D eigenvalue weighted by Crippen LogP contribution is -2.11. The molecular weight excluding hydrogens is 340 g/mol. The molecule has 2 aromatic carbocycles. The Kier molecular flexibility index (Phi) is 5.76. The quantitative estimate of drug-likeness (QED) is 0.632. The molecule has 0 saturated heterocycles. The molecule has 1 aromatic heterocycles. The molecule has 1 heterocycles. The number of nitrogens with one attached hydrogen (secondary N) is 2. The number of hydrogen-bond donors (Lipinski definition) is 2. The van der Waals surface area contributed by atoms with Crippen molar-refractivity contribution in [2.45, 2.75) is 19.9 Å². The molecule has 6 nitrogen and oxygen atoms in total. The molecule has 0 aliphatic rings. The number of aromatic nitrogens is 2. The molecule has 0 fully saturated rings. The standard InChI is InChI=1S/C21H24N4O2/c1-14-12-20(24-18-13-17(26-3)10-11-19(18)27-4)25-21(22-14)23-15(2)16-8-6-5-7-9-16/h5-13,15H,1-4H3,(H2,22,23,24,25). The fraction of sp³-hybridized carbons (Fsp3) is 0.238. The number of nitrogens with zero attached hydrogens (tertiary/aromatic N) is 2. The zero-order chi connectivity index (χ0) is 19.2. The minimum Gasteiger partial charge on any atom is -0.497 e. The minimum absolute atomic E-state index is 0.0900. The highest BCUT2D eigenvalue weighted by Gasteiger charge is 2.11. The number of ether oxygens (including phenoxy) is 2. The van der Waals surface area contributed by atoms with Crippen LogP contribution in [0.5, 0.6) is 11.5 Å². The lowest BCUT2D eigenvalue weighted by Gasteiger charge is -2.16. The van der Waals surface area contributed by atoms with Crippen molar-refractivity contribution < 1.29 is 9.47 Å². The highest BCUT2D eigenvalue weighted by atomic mass is 16.5. The largest absolute Gasteiger partial charge is 0.497 e. The lowest BCUT2D eigenvalue weighted by molar-refractivity contribution is 0.405. The van der Waals surface area contributed by atoms with Crippen LogP contribution in [0, 0.1) is 6.92 Å². The SMILES string of the molecule is COc1ccc(OC)c(Nc2cc(C)nc(NC(C)c3ccccc3)n2)c1. The number of aryl methyl sites for hydroxylation is 1. The maximum absolute atomic E-state index is 5.42. The maximum atomic E-state index is 5.42. The van der Waals surface area contributed by atoms with Crippen LogP contribution in [0.3, 0.4) is 0 Å². The smallest absolute Gasteiger partial charge is 0.225 e. The van der Waals surface area contributed by atoms with Gasteiger partial charge in [-0.1, -0.05) is 30.3 Å². The van der Waals surface area contributed by atoms with E-state index >= 15 is 0 Å². The normalized spacial score (nSPS) is 11.6. The van der Waals surface area contributed by atoms with Crippen molar-refractivity contribution in [1.82, 2.24) is 9.97 Å². The predicted octanol–water partition coefficient (Wildman–Crippen LogP) is 4.72. The summed E-state index contributed by atoms with van der Waals surface area (Å²) < 4.78 is 10.7. The van der Waals surface area contributed by atoms with Crippen LogP contribution < -0.4 is 20.1 Å². The van der Waals surface area contributed by atoms with Crippen molar-refractivity contribution in [3.8, 4) is 11.5 Å². The van der Waals surface area contributed by atoms with Gasteiger partial charge in [0.1, 0.15) is 17.3 Å². The fourth-order valence-corrected chi connectivity index (χ4v) is 2.77. The summed E-state index contributed by atoms with van der Waals surface area (Å²) in [5, 5.41) is 6.65. The molecule has 140 valence electrons. The number of rotatable bonds is 7. The van der Waals surface area contributed by atoms with E-state index < -0.39 is 0 Å². The lowest BCUT2D eigenvalue weighted by atomic mass is 10.1. The molecule has 0 radical (unpaired) electrons. The Hall–Kier alpha value is -3.28. The van der Waals surface area contributed by atoms with Crippen molar-refractivity contribution >= 4 is 17.5 Å². The topological polar surface area (TPSA) is 68.3 Å². The van der Waals surface area contributed by atoms with E-state index in [1.165, 1.54) is 5.56 Å². The van der Waals surface area contributed by atoms with E-state index in [1.54, 1.807) is 14.2 Å². The van der Waals surface area contributed by atoms with Crippen molar-refractivity contribution in [3.63, 3.8) is 0 Å². The van der Waals surface area contributed by atoms with Gasteiger partial charge < -0.3 is 20.1 Å². The Morgan fingerprint density at radius 2 is 1.70 bits per heavy atom. The number of anilines is 3. The molecule has 6 heteroatoms. The summed E-state index contributed by atoms with van der Waals surface area (Å²) in [5.41, 5.74) is 2.81. The summed E-state index contributed by atoms with van der Waals surface area (Å²) in [6.07, 6.45) is 0.